The Morgan fingerprint density at radius 2 is 1.86 bits per heavy atom. The second-order valence-corrected chi connectivity index (χ2v) is 6.23. The van der Waals surface area contributed by atoms with Gasteiger partial charge in [-0.1, -0.05) is 6.07 Å². The minimum absolute atomic E-state index is 0.0732. The molecule has 1 aromatic heterocycles. The van der Waals surface area contributed by atoms with E-state index in [9.17, 15) is 8.78 Å². The molecule has 1 heterocycles. The number of aromatic nitrogens is 1. The number of benzene rings is 2. The Labute approximate surface area is 162 Å². The monoisotopic (exact) mass is 381 g/mol. The van der Waals surface area contributed by atoms with E-state index in [1.807, 2.05) is 25.1 Å². The molecule has 7 heteroatoms. The first-order chi connectivity index (χ1) is 13.5. The van der Waals surface area contributed by atoms with Crippen LogP contribution in [0.2, 0.25) is 0 Å². The lowest BCUT2D eigenvalue weighted by atomic mass is 10.2. The van der Waals surface area contributed by atoms with Gasteiger partial charge in [0.05, 0.1) is 12.2 Å². The Kier molecular flexibility index (Phi) is 6.06. The van der Waals surface area contributed by atoms with Crippen molar-refractivity contribution in [1.82, 2.24) is 4.98 Å². The van der Waals surface area contributed by atoms with Crippen molar-refractivity contribution in [1.29, 1.82) is 0 Å². The fourth-order valence-corrected chi connectivity index (χ4v) is 2.52. The van der Waals surface area contributed by atoms with Crippen molar-refractivity contribution in [3.05, 3.63) is 90.0 Å². The van der Waals surface area contributed by atoms with Crippen LogP contribution in [0, 0.1) is 18.6 Å². The Morgan fingerprint density at radius 1 is 1.04 bits per heavy atom. The molecule has 0 unspecified atom stereocenters. The molecule has 5 N–H and O–H groups in total. The van der Waals surface area contributed by atoms with Gasteiger partial charge in [-0.3, -0.25) is 4.98 Å². The molecule has 5 nitrogen and oxygen atoms in total. The standard InChI is InChI=1S/C21H21F2N5/c1-14-9-18(7-8-25-14)27-13-16(24)12-26-17-3-2-4-19(11-17)28-21-10-15(22)5-6-20(21)23/h2-12,26,28H,13,24H2,1H3,(H,25,27)/b16-12-. The van der Waals surface area contributed by atoms with Gasteiger partial charge in [-0.2, -0.15) is 0 Å². The van der Waals surface area contributed by atoms with Crippen LogP contribution >= 0.6 is 0 Å². The molecule has 0 fully saturated rings. The summed E-state index contributed by atoms with van der Waals surface area (Å²) in [5.74, 6) is -1.04. The normalized spacial score (nSPS) is 11.2. The molecule has 28 heavy (non-hydrogen) atoms. The lowest BCUT2D eigenvalue weighted by molar-refractivity contribution is 0.603. The lowest BCUT2D eigenvalue weighted by Crippen LogP contribution is -2.13. The summed E-state index contributed by atoms with van der Waals surface area (Å²) in [6.07, 6.45) is 3.42. The number of halogens is 2. The second-order valence-electron chi connectivity index (χ2n) is 6.23. The topological polar surface area (TPSA) is 75.0 Å². The predicted molar refractivity (Wildman–Crippen MR) is 109 cm³/mol. The first-order valence-electron chi connectivity index (χ1n) is 8.69. The molecule has 0 aliphatic heterocycles. The van der Waals surface area contributed by atoms with E-state index in [2.05, 4.69) is 20.9 Å². The highest BCUT2D eigenvalue weighted by Gasteiger charge is 2.04. The lowest BCUT2D eigenvalue weighted by Gasteiger charge is -2.11. The smallest absolute Gasteiger partial charge is 0.146 e. The molecule has 0 bridgehead atoms. The fourth-order valence-electron chi connectivity index (χ4n) is 2.52. The number of aryl methyl sites for hydroxylation is 1. The number of pyridine rings is 1. The van der Waals surface area contributed by atoms with Gasteiger partial charge in [0.15, 0.2) is 0 Å². The van der Waals surface area contributed by atoms with Crippen LogP contribution in [0.15, 0.2) is 72.7 Å². The molecule has 3 aromatic rings. The van der Waals surface area contributed by atoms with Gasteiger partial charge in [-0.25, -0.2) is 8.78 Å². The summed E-state index contributed by atoms with van der Waals surface area (Å²) in [6.45, 7) is 2.38. The Balaban J connectivity index is 1.60. The van der Waals surface area contributed by atoms with Crippen molar-refractivity contribution in [2.24, 2.45) is 5.73 Å². The van der Waals surface area contributed by atoms with E-state index in [-0.39, 0.29) is 5.69 Å². The summed E-state index contributed by atoms with van der Waals surface area (Å²) >= 11 is 0. The van der Waals surface area contributed by atoms with Crippen molar-refractivity contribution in [2.45, 2.75) is 6.92 Å². The van der Waals surface area contributed by atoms with E-state index >= 15 is 0 Å². The predicted octanol–water partition coefficient (Wildman–Crippen LogP) is 4.74. The van der Waals surface area contributed by atoms with Crippen LogP contribution in [0.25, 0.3) is 0 Å². The molecule has 0 amide bonds. The second kappa shape index (κ2) is 8.85. The Hall–Kier alpha value is -3.61. The van der Waals surface area contributed by atoms with Crippen molar-refractivity contribution in [2.75, 3.05) is 22.5 Å². The molecule has 0 aliphatic rings. The molecule has 144 valence electrons. The van der Waals surface area contributed by atoms with Crippen LogP contribution < -0.4 is 21.7 Å². The summed E-state index contributed by atoms with van der Waals surface area (Å²) in [7, 11) is 0. The Morgan fingerprint density at radius 3 is 2.68 bits per heavy atom. The molecule has 0 aliphatic carbocycles. The zero-order chi connectivity index (χ0) is 19.9. The van der Waals surface area contributed by atoms with Gasteiger partial charge in [0.1, 0.15) is 11.6 Å². The van der Waals surface area contributed by atoms with Crippen LogP contribution in [-0.4, -0.2) is 11.5 Å². The van der Waals surface area contributed by atoms with Crippen LogP contribution in [-0.2, 0) is 0 Å². The van der Waals surface area contributed by atoms with E-state index in [0.717, 1.165) is 35.3 Å². The number of hydrogen-bond donors (Lipinski definition) is 4. The van der Waals surface area contributed by atoms with Gasteiger partial charge < -0.3 is 21.7 Å². The van der Waals surface area contributed by atoms with E-state index in [4.69, 9.17) is 5.73 Å². The minimum Gasteiger partial charge on any atom is -0.399 e. The van der Waals surface area contributed by atoms with Gasteiger partial charge in [0.2, 0.25) is 0 Å². The average Bonchev–Trinajstić information content (AvgIpc) is 2.68. The Bertz CT molecular complexity index is 988. The first kappa shape index (κ1) is 19.2. The van der Waals surface area contributed by atoms with Gasteiger partial charge in [-0.15, -0.1) is 0 Å². The zero-order valence-corrected chi connectivity index (χ0v) is 15.3. The molecule has 0 saturated heterocycles. The molecule has 2 aromatic carbocycles. The van der Waals surface area contributed by atoms with E-state index < -0.39 is 11.6 Å². The summed E-state index contributed by atoms with van der Waals surface area (Å²) in [6, 6.07) is 14.2. The van der Waals surface area contributed by atoms with Crippen molar-refractivity contribution < 1.29 is 8.78 Å². The van der Waals surface area contributed by atoms with E-state index in [0.29, 0.717) is 17.9 Å². The fraction of sp³-hybridized carbons (Fsp3) is 0.0952. The summed E-state index contributed by atoms with van der Waals surface area (Å²) in [5, 5.41) is 9.18. The number of nitrogens with two attached hydrogens (primary N) is 1. The molecule has 0 atom stereocenters. The van der Waals surface area contributed by atoms with E-state index in [1.54, 1.807) is 30.6 Å². The quantitative estimate of drug-likeness (QED) is 0.476. The highest BCUT2D eigenvalue weighted by atomic mass is 19.1. The van der Waals surface area contributed by atoms with Gasteiger partial charge in [-0.05, 0) is 49.4 Å². The number of hydrogen-bond acceptors (Lipinski definition) is 5. The van der Waals surface area contributed by atoms with Crippen molar-refractivity contribution >= 4 is 22.7 Å². The molecule has 3 rings (SSSR count). The van der Waals surface area contributed by atoms with Crippen LogP contribution in [0.4, 0.5) is 31.5 Å². The first-order valence-corrected chi connectivity index (χ1v) is 8.69. The van der Waals surface area contributed by atoms with Crippen molar-refractivity contribution in [3.8, 4) is 0 Å². The van der Waals surface area contributed by atoms with Gasteiger partial charge in [0, 0.05) is 46.9 Å². The molecule has 0 radical (unpaired) electrons. The highest BCUT2D eigenvalue weighted by Crippen LogP contribution is 2.23. The largest absolute Gasteiger partial charge is 0.399 e. The van der Waals surface area contributed by atoms with Crippen LogP contribution in [0.3, 0.4) is 0 Å². The third-order valence-electron chi connectivity index (χ3n) is 3.89. The highest BCUT2D eigenvalue weighted by molar-refractivity contribution is 5.65. The maximum Gasteiger partial charge on any atom is 0.146 e. The molecule has 0 spiro atoms. The molecular weight excluding hydrogens is 360 g/mol. The molecule has 0 saturated carbocycles. The summed E-state index contributed by atoms with van der Waals surface area (Å²) in [5.41, 5.74) is 9.92. The number of anilines is 4. The maximum atomic E-state index is 13.8. The zero-order valence-electron chi connectivity index (χ0n) is 15.3. The SMILES string of the molecule is Cc1cc(NC/C(N)=C/Nc2cccc(Nc3cc(F)ccc3F)c2)ccn1. The summed E-state index contributed by atoms with van der Waals surface area (Å²) in [4.78, 5) is 4.14. The van der Waals surface area contributed by atoms with E-state index in [1.165, 1.54) is 0 Å². The number of nitrogens with one attached hydrogen (secondary N) is 3. The maximum absolute atomic E-state index is 13.8. The third kappa shape index (κ3) is 5.44. The van der Waals surface area contributed by atoms with Gasteiger partial charge >= 0.3 is 0 Å². The van der Waals surface area contributed by atoms with Crippen molar-refractivity contribution in [3.63, 3.8) is 0 Å². The number of rotatable bonds is 7. The average molecular weight is 381 g/mol. The van der Waals surface area contributed by atoms with Gasteiger partial charge in [0.25, 0.3) is 0 Å². The van der Waals surface area contributed by atoms with Crippen LogP contribution in [0.1, 0.15) is 5.69 Å². The minimum atomic E-state index is -0.527. The van der Waals surface area contributed by atoms with Crippen LogP contribution in [0.5, 0.6) is 0 Å². The third-order valence-corrected chi connectivity index (χ3v) is 3.89. The molecular formula is C21H21F2N5. The summed E-state index contributed by atoms with van der Waals surface area (Å²) < 4.78 is 27.1. The number of nitrogens with zero attached hydrogens (tertiary/aromatic N) is 1.